The highest BCUT2D eigenvalue weighted by Gasteiger charge is 2.33. The molecule has 4 N–H and O–H groups in total. The van der Waals surface area contributed by atoms with Crippen LogP contribution in [0.15, 0.2) is 36.7 Å². The molecule has 0 aromatic carbocycles. The van der Waals surface area contributed by atoms with Gasteiger partial charge in [-0.05, 0) is 87.1 Å². The van der Waals surface area contributed by atoms with Gasteiger partial charge in [-0.25, -0.2) is 9.97 Å². The van der Waals surface area contributed by atoms with Crippen molar-refractivity contribution in [3.63, 3.8) is 0 Å². The second kappa shape index (κ2) is 10.5. The van der Waals surface area contributed by atoms with Gasteiger partial charge in [0.25, 0.3) is 0 Å². The summed E-state index contributed by atoms with van der Waals surface area (Å²) in [6, 6.07) is 9.19. The average Bonchev–Trinajstić information content (AvgIpc) is 3.28. The molecule has 0 radical (unpaired) electrons. The number of amides is 1. The Morgan fingerprint density at radius 1 is 1.14 bits per heavy atom. The Balaban J connectivity index is 1.25. The van der Waals surface area contributed by atoms with Gasteiger partial charge in [0.05, 0.1) is 6.54 Å². The van der Waals surface area contributed by atoms with Crippen LogP contribution in [0.2, 0.25) is 5.15 Å². The number of fused-ring (bicyclic) bond motifs is 1. The van der Waals surface area contributed by atoms with Crippen LogP contribution in [0.4, 0.5) is 5.82 Å². The van der Waals surface area contributed by atoms with Gasteiger partial charge in [0.2, 0.25) is 5.91 Å². The predicted octanol–water partition coefficient (Wildman–Crippen LogP) is 5.37. The fraction of sp³-hybridized carbons (Fsp3) is 0.519. The van der Waals surface area contributed by atoms with Crippen molar-refractivity contribution in [1.29, 1.82) is 0 Å². The van der Waals surface area contributed by atoms with Gasteiger partial charge in [0.15, 0.2) is 0 Å². The molecule has 2 saturated carbocycles. The summed E-state index contributed by atoms with van der Waals surface area (Å²) in [7, 11) is 0. The zero-order chi connectivity index (χ0) is 24.4. The third kappa shape index (κ3) is 5.62. The van der Waals surface area contributed by atoms with E-state index in [1.165, 1.54) is 25.7 Å². The second-order valence-electron chi connectivity index (χ2n) is 10.4. The summed E-state index contributed by atoms with van der Waals surface area (Å²) >= 11 is 6.42. The molecule has 3 aromatic heterocycles. The number of hydrogen-bond donors (Lipinski definition) is 3. The molecule has 2 aliphatic carbocycles. The van der Waals surface area contributed by atoms with Crippen LogP contribution in [0.25, 0.3) is 22.2 Å². The average molecular weight is 495 g/mol. The number of halogens is 1. The van der Waals surface area contributed by atoms with Crippen molar-refractivity contribution in [2.24, 2.45) is 11.7 Å². The highest BCUT2D eigenvalue weighted by atomic mass is 35.5. The number of carbonyl (C=O) groups excluding carboxylic acids is 1. The molecule has 0 saturated heterocycles. The van der Waals surface area contributed by atoms with Crippen molar-refractivity contribution < 1.29 is 4.79 Å². The van der Waals surface area contributed by atoms with Crippen LogP contribution in [0.3, 0.4) is 0 Å². The lowest BCUT2D eigenvalue weighted by Crippen LogP contribution is -2.50. The normalized spacial score (nSPS) is 25.1. The maximum Gasteiger partial charge on any atom is 0.231 e. The lowest BCUT2D eigenvalue weighted by molar-refractivity contribution is -0.121. The van der Waals surface area contributed by atoms with Gasteiger partial charge in [-0.3, -0.25) is 9.69 Å². The van der Waals surface area contributed by atoms with Gasteiger partial charge in [0.1, 0.15) is 16.6 Å². The van der Waals surface area contributed by atoms with E-state index >= 15 is 0 Å². The van der Waals surface area contributed by atoms with Gasteiger partial charge < -0.3 is 16.0 Å². The maximum absolute atomic E-state index is 11.8. The van der Waals surface area contributed by atoms with E-state index in [2.05, 4.69) is 44.2 Å². The van der Waals surface area contributed by atoms with E-state index in [1.807, 2.05) is 18.3 Å². The Morgan fingerprint density at radius 3 is 2.57 bits per heavy atom. The number of aromatic nitrogens is 3. The van der Waals surface area contributed by atoms with Crippen molar-refractivity contribution in [3.05, 3.63) is 41.8 Å². The molecule has 3 aromatic rings. The van der Waals surface area contributed by atoms with Crippen molar-refractivity contribution in [2.45, 2.75) is 76.4 Å². The van der Waals surface area contributed by atoms with Gasteiger partial charge in [-0.2, -0.15) is 0 Å². The van der Waals surface area contributed by atoms with Crippen molar-refractivity contribution >= 4 is 34.4 Å². The standard InChI is InChI=1S/C27H35ClN6O/c1-17-4-8-20(9-5-17)34(16-25(29)35)21-10-6-19(7-11-21)32-26-14-18(13-24(28)33-26)23-15-31-27-22(23)3-2-12-30-27/h2-3,12-15,17,19-21H,4-11,16H2,1H3,(H2,29,35)(H,30,31)(H,32,33)/t17-,19?,20-,21?. The molecule has 8 heteroatoms. The molecule has 0 spiro atoms. The molecular formula is C27H35ClN6O. The summed E-state index contributed by atoms with van der Waals surface area (Å²) in [5.41, 5.74) is 8.58. The molecule has 7 nitrogen and oxygen atoms in total. The zero-order valence-corrected chi connectivity index (χ0v) is 21.1. The summed E-state index contributed by atoms with van der Waals surface area (Å²) in [6.45, 7) is 2.71. The molecule has 0 bridgehead atoms. The topological polar surface area (TPSA) is 99.9 Å². The summed E-state index contributed by atoms with van der Waals surface area (Å²) in [5, 5.41) is 5.16. The van der Waals surface area contributed by atoms with Crippen LogP contribution in [0, 0.1) is 5.92 Å². The Kier molecular flexibility index (Phi) is 7.25. The first kappa shape index (κ1) is 24.1. The van der Waals surface area contributed by atoms with Gasteiger partial charge in [-0.1, -0.05) is 18.5 Å². The number of nitrogens with two attached hydrogens (primary N) is 1. The molecular weight excluding hydrogens is 460 g/mol. The van der Waals surface area contributed by atoms with E-state index in [0.717, 1.165) is 59.6 Å². The summed E-state index contributed by atoms with van der Waals surface area (Å²) < 4.78 is 0. The molecule has 5 rings (SSSR count). The Labute approximate surface area is 211 Å². The summed E-state index contributed by atoms with van der Waals surface area (Å²) in [6.07, 6.45) is 12.8. The first-order chi connectivity index (χ1) is 17.0. The van der Waals surface area contributed by atoms with Crippen molar-refractivity contribution in [1.82, 2.24) is 19.9 Å². The molecule has 0 unspecified atom stereocenters. The number of primary amides is 1. The third-order valence-electron chi connectivity index (χ3n) is 7.87. The summed E-state index contributed by atoms with van der Waals surface area (Å²) in [5.74, 6) is 1.37. The third-order valence-corrected chi connectivity index (χ3v) is 8.06. The summed E-state index contributed by atoms with van der Waals surface area (Å²) in [4.78, 5) is 26.4. The lowest BCUT2D eigenvalue weighted by Gasteiger charge is -2.43. The quantitative estimate of drug-likeness (QED) is 0.383. The van der Waals surface area contributed by atoms with E-state index in [0.29, 0.717) is 29.8 Å². The second-order valence-corrected chi connectivity index (χ2v) is 10.8. The molecule has 0 atom stereocenters. The minimum absolute atomic E-state index is 0.216. The number of pyridine rings is 2. The number of rotatable bonds is 7. The highest BCUT2D eigenvalue weighted by molar-refractivity contribution is 6.29. The fourth-order valence-corrected chi connectivity index (χ4v) is 6.20. The lowest BCUT2D eigenvalue weighted by atomic mass is 9.83. The fourth-order valence-electron chi connectivity index (χ4n) is 5.99. The smallest absolute Gasteiger partial charge is 0.231 e. The Bertz CT molecular complexity index is 1160. The molecule has 0 aliphatic heterocycles. The van der Waals surface area contributed by atoms with Crippen molar-refractivity contribution in [3.8, 4) is 11.1 Å². The number of anilines is 1. The molecule has 2 aliphatic rings. The van der Waals surface area contributed by atoms with Crippen LogP contribution in [-0.4, -0.2) is 50.4 Å². The van der Waals surface area contributed by atoms with Crippen LogP contribution in [-0.2, 0) is 4.79 Å². The van der Waals surface area contributed by atoms with Gasteiger partial charge in [-0.15, -0.1) is 0 Å². The van der Waals surface area contributed by atoms with E-state index in [9.17, 15) is 4.79 Å². The first-order valence-corrected chi connectivity index (χ1v) is 13.2. The van der Waals surface area contributed by atoms with Crippen LogP contribution in [0.5, 0.6) is 0 Å². The minimum Gasteiger partial charge on any atom is -0.369 e. The monoisotopic (exact) mass is 494 g/mol. The molecule has 1 amide bonds. The van der Waals surface area contributed by atoms with Gasteiger partial charge >= 0.3 is 0 Å². The van der Waals surface area contributed by atoms with Gasteiger partial charge in [0, 0.05) is 41.5 Å². The molecule has 186 valence electrons. The maximum atomic E-state index is 11.8. The molecule has 2 fully saturated rings. The minimum atomic E-state index is -0.216. The molecule has 3 heterocycles. The highest BCUT2D eigenvalue weighted by Crippen LogP contribution is 2.34. The van der Waals surface area contributed by atoms with E-state index in [4.69, 9.17) is 17.3 Å². The number of H-pyrrole nitrogens is 1. The largest absolute Gasteiger partial charge is 0.369 e. The van der Waals surface area contributed by atoms with E-state index in [1.54, 1.807) is 6.20 Å². The molecule has 35 heavy (non-hydrogen) atoms. The van der Waals surface area contributed by atoms with E-state index in [-0.39, 0.29) is 5.91 Å². The number of nitrogens with zero attached hydrogens (tertiary/aromatic N) is 3. The number of nitrogens with one attached hydrogen (secondary N) is 2. The van der Waals surface area contributed by atoms with Crippen molar-refractivity contribution in [2.75, 3.05) is 11.9 Å². The van der Waals surface area contributed by atoms with Crippen LogP contribution < -0.4 is 11.1 Å². The Morgan fingerprint density at radius 2 is 1.86 bits per heavy atom. The van der Waals surface area contributed by atoms with E-state index < -0.39 is 0 Å². The number of hydrogen-bond acceptors (Lipinski definition) is 5. The van der Waals surface area contributed by atoms with Crippen LogP contribution in [0.1, 0.15) is 58.3 Å². The first-order valence-electron chi connectivity index (χ1n) is 12.9. The predicted molar refractivity (Wildman–Crippen MR) is 141 cm³/mol. The number of carbonyl (C=O) groups is 1. The zero-order valence-electron chi connectivity index (χ0n) is 20.3. The number of aromatic amines is 1. The van der Waals surface area contributed by atoms with Crippen LogP contribution >= 0.6 is 11.6 Å². The Hall–Kier alpha value is -2.64. The SMILES string of the molecule is C[C@H]1CC[C@H](N(CC(N)=O)C2CCC(Nc3cc(-c4c[nH]c5ncccc45)cc(Cl)n3)CC2)CC1.